The smallest absolute Gasteiger partial charge is 0.0750 e. The molecule has 4 heteroatoms. The van der Waals surface area contributed by atoms with E-state index in [2.05, 4.69) is 16.9 Å². The number of halogens is 1. The van der Waals surface area contributed by atoms with Crippen LogP contribution in [0.4, 0.5) is 5.69 Å². The van der Waals surface area contributed by atoms with E-state index in [0.29, 0.717) is 12.0 Å². The number of rotatable bonds is 4. The molecule has 2 heterocycles. The van der Waals surface area contributed by atoms with E-state index in [1.54, 1.807) is 6.20 Å². The highest BCUT2D eigenvalue weighted by atomic mass is 35.5. The maximum absolute atomic E-state index is 5.89. The lowest BCUT2D eigenvalue weighted by atomic mass is 10.2. The number of likely N-dealkylation sites (N-methyl/N-ethyl adjacent to an activating group) is 1. The molecule has 0 aromatic carbocycles. The third kappa shape index (κ3) is 2.66. The van der Waals surface area contributed by atoms with Gasteiger partial charge in [0.05, 0.1) is 12.0 Å². The van der Waals surface area contributed by atoms with Crippen LogP contribution < -0.4 is 4.90 Å². The summed E-state index contributed by atoms with van der Waals surface area (Å²) in [6.07, 6.45) is 6.33. The topological polar surface area (TPSA) is 25.4 Å². The monoisotopic (exact) mass is 240 g/mol. The van der Waals surface area contributed by atoms with Gasteiger partial charge in [-0.1, -0.05) is 0 Å². The maximum Gasteiger partial charge on any atom is 0.0750 e. The van der Waals surface area contributed by atoms with Gasteiger partial charge in [0, 0.05) is 43.8 Å². The lowest BCUT2D eigenvalue weighted by Crippen LogP contribution is -2.29. The summed E-state index contributed by atoms with van der Waals surface area (Å²) in [7, 11) is 2.08. The molecule has 1 aliphatic heterocycles. The predicted octanol–water partition coefficient (Wildman–Crippen LogP) is 2.44. The summed E-state index contributed by atoms with van der Waals surface area (Å²) >= 11 is 5.89. The second kappa shape index (κ2) is 5.51. The fraction of sp³-hybridized carbons (Fsp3) is 0.583. The summed E-state index contributed by atoms with van der Waals surface area (Å²) in [5, 5.41) is 0. The Labute approximate surface area is 101 Å². The van der Waals surface area contributed by atoms with E-state index in [9.17, 15) is 0 Å². The van der Waals surface area contributed by atoms with Crippen molar-refractivity contribution < 1.29 is 4.74 Å². The first-order valence-corrected chi connectivity index (χ1v) is 6.16. The van der Waals surface area contributed by atoms with Crippen LogP contribution in [0.1, 0.15) is 18.4 Å². The van der Waals surface area contributed by atoms with Gasteiger partial charge in [-0.2, -0.15) is 0 Å². The first-order chi connectivity index (χ1) is 7.81. The van der Waals surface area contributed by atoms with Gasteiger partial charge in [0.2, 0.25) is 0 Å². The quantitative estimate of drug-likeness (QED) is 0.756. The molecule has 0 spiro atoms. The van der Waals surface area contributed by atoms with E-state index < -0.39 is 0 Å². The first-order valence-electron chi connectivity index (χ1n) is 5.63. The molecular weight excluding hydrogens is 224 g/mol. The minimum absolute atomic E-state index is 0.362. The number of aromatic nitrogens is 1. The standard InChI is InChI=1S/C12H17ClN2O/c1-15(9-11-3-2-6-16-11)12-4-5-14-8-10(12)7-13/h4-5,8,11H,2-3,6-7,9H2,1H3. The van der Waals surface area contributed by atoms with Gasteiger partial charge in [0.25, 0.3) is 0 Å². The van der Waals surface area contributed by atoms with Gasteiger partial charge < -0.3 is 9.64 Å². The Balaban J connectivity index is 2.04. The fourth-order valence-electron chi connectivity index (χ4n) is 2.09. The van der Waals surface area contributed by atoms with Gasteiger partial charge in [-0.25, -0.2) is 0 Å². The molecule has 1 aliphatic rings. The van der Waals surface area contributed by atoms with E-state index in [0.717, 1.165) is 30.8 Å². The molecule has 1 unspecified atom stereocenters. The highest BCUT2D eigenvalue weighted by molar-refractivity contribution is 6.17. The molecule has 1 fully saturated rings. The Bertz CT molecular complexity index is 340. The lowest BCUT2D eigenvalue weighted by molar-refractivity contribution is 0.116. The largest absolute Gasteiger partial charge is 0.376 e. The van der Waals surface area contributed by atoms with Gasteiger partial charge in [-0.15, -0.1) is 11.6 Å². The summed E-state index contributed by atoms with van der Waals surface area (Å²) in [6.45, 7) is 1.82. The summed E-state index contributed by atoms with van der Waals surface area (Å²) in [6, 6.07) is 2.01. The zero-order valence-electron chi connectivity index (χ0n) is 9.53. The first kappa shape index (κ1) is 11.7. The van der Waals surface area contributed by atoms with Crippen molar-refractivity contribution in [1.29, 1.82) is 0 Å². The number of alkyl halides is 1. The predicted molar refractivity (Wildman–Crippen MR) is 66.0 cm³/mol. The highest BCUT2D eigenvalue weighted by Gasteiger charge is 2.18. The summed E-state index contributed by atoms with van der Waals surface area (Å²) in [5.74, 6) is 0.499. The molecule has 1 atom stereocenters. The Morgan fingerprint density at radius 2 is 2.50 bits per heavy atom. The number of ether oxygens (including phenoxy) is 1. The van der Waals surface area contributed by atoms with Crippen LogP contribution in [0.5, 0.6) is 0 Å². The van der Waals surface area contributed by atoms with Gasteiger partial charge in [0.15, 0.2) is 0 Å². The normalized spacial score (nSPS) is 20.0. The fourth-order valence-corrected chi connectivity index (χ4v) is 2.29. The molecule has 0 N–H and O–H groups in total. The number of hydrogen-bond donors (Lipinski definition) is 0. The Morgan fingerprint density at radius 3 is 3.19 bits per heavy atom. The van der Waals surface area contributed by atoms with Crippen molar-refractivity contribution in [3.05, 3.63) is 24.0 Å². The van der Waals surface area contributed by atoms with Crippen molar-refractivity contribution in [2.24, 2.45) is 0 Å². The molecule has 0 amide bonds. The number of anilines is 1. The minimum atomic E-state index is 0.362. The molecule has 2 rings (SSSR count). The maximum atomic E-state index is 5.89. The Kier molecular flexibility index (Phi) is 4.02. The Hall–Kier alpha value is -0.800. The lowest BCUT2D eigenvalue weighted by Gasteiger charge is -2.24. The highest BCUT2D eigenvalue weighted by Crippen LogP contribution is 2.22. The third-order valence-corrected chi connectivity index (χ3v) is 3.22. The molecule has 0 saturated carbocycles. The van der Waals surface area contributed by atoms with Crippen molar-refractivity contribution in [2.75, 3.05) is 25.1 Å². The SMILES string of the molecule is CN(CC1CCCO1)c1ccncc1CCl. The second-order valence-corrected chi connectivity index (χ2v) is 4.42. The van der Waals surface area contributed by atoms with Crippen LogP contribution >= 0.6 is 11.6 Å². The second-order valence-electron chi connectivity index (χ2n) is 4.15. The summed E-state index contributed by atoms with van der Waals surface area (Å²) < 4.78 is 5.63. The van der Waals surface area contributed by atoms with Crippen molar-refractivity contribution in [1.82, 2.24) is 4.98 Å². The average molecular weight is 241 g/mol. The van der Waals surface area contributed by atoms with Gasteiger partial charge >= 0.3 is 0 Å². The number of hydrogen-bond acceptors (Lipinski definition) is 3. The summed E-state index contributed by atoms with van der Waals surface area (Å²) in [5.41, 5.74) is 2.23. The molecule has 1 aromatic heterocycles. The Morgan fingerprint density at radius 1 is 1.62 bits per heavy atom. The van der Waals surface area contributed by atoms with Crippen molar-refractivity contribution in [3.8, 4) is 0 Å². The summed E-state index contributed by atoms with van der Waals surface area (Å²) in [4.78, 5) is 6.29. The van der Waals surface area contributed by atoms with Crippen LogP contribution in [0.15, 0.2) is 18.5 Å². The third-order valence-electron chi connectivity index (χ3n) is 2.93. The van der Waals surface area contributed by atoms with Crippen molar-refractivity contribution in [2.45, 2.75) is 24.8 Å². The van der Waals surface area contributed by atoms with E-state index in [1.807, 2.05) is 12.3 Å². The zero-order chi connectivity index (χ0) is 11.4. The van der Waals surface area contributed by atoms with Crippen LogP contribution in [0.2, 0.25) is 0 Å². The van der Waals surface area contributed by atoms with Gasteiger partial charge in [-0.05, 0) is 18.9 Å². The minimum Gasteiger partial charge on any atom is -0.376 e. The van der Waals surface area contributed by atoms with Gasteiger partial charge in [0.1, 0.15) is 0 Å². The van der Waals surface area contributed by atoms with E-state index in [1.165, 1.54) is 6.42 Å². The molecule has 16 heavy (non-hydrogen) atoms. The number of nitrogens with zero attached hydrogens (tertiary/aromatic N) is 2. The zero-order valence-corrected chi connectivity index (χ0v) is 10.3. The van der Waals surface area contributed by atoms with Gasteiger partial charge in [-0.3, -0.25) is 4.98 Å². The number of pyridine rings is 1. The molecule has 1 saturated heterocycles. The average Bonchev–Trinajstić information content (AvgIpc) is 2.81. The molecule has 88 valence electrons. The van der Waals surface area contributed by atoms with Crippen LogP contribution in [0.25, 0.3) is 0 Å². The molecule has 0 aliphatic carbocycles. The van der Waals surface area contributed by atoms with Crippen LogP contribution in [-0.4, -0.2) is 31.3 Å². The van der Waals surface area contributed by atoms with E-state index in [4.69, 9.17) is 16.3 Å². The molecule has 0 bridgehead atoms. The van der Waals surface area contributed by atoms with Crippen LogP contribution in [0.3, 0.4) is 0 Å². The molecule has 0 radical (unpaired) electrons. The molecule has 1 aromatic rings. The molecule has 3 nitrogen and oxygen atoms in total. The van der Waals surface area contributed by atoms with E-state index >= 15 is 0 Å². The van der Waals surface area contributed by atoms with Crippen molar-refractivity contribution >= 4 is 17.3 Å². The van der Waals surface area contributed by atoms with Crippen molar-refractivity contribution in [3.63, 3.8) is 0 Å². The molecular formula is C12H17ClN2O. The van der Waals surface area contributed by atoms with Crippen LogP contribution in [-0.2, 0) is 10.6 Å². The van der Waals surface area contributed by atoms with Crippen LogP contribution in [0, 0.1) is 0 Å². The van der Waals surface area contributed by atoms with E-state index in [-0.39, 0.29) is 0 Å².